The summed E-state index contributed by atoms with van der Waals surface area (Å²) in [6.45, 7) is 4.53. The van der Waals surface area contributed by atoms with Crippen molar-refractivity contribution in [1.82, 2.24) is 29.9 Å². The second kappa shape index (κ2) is 12.6. The number of hydrogen-bond acceptors (Lipinski definition) is 13. The Bertz CT molecular complexity index is 1260. The summed E-state index contributed by atoms with van der Waals surface area (Å²) in [5, 5.41) is 62.4. The third-order valence-electron chi connectivity index (χ3n) is 5.37. The summed E-state index contributed by atoms with van der Waals surface area (Å²) >= 11 is 0. The van der Waals surface area contributed by atoms with Crippen molar-refractivity contribution < 1.29 is 34.1 Å². The summed E-state index contributed by atoms with van der Waals surface area (Å²) in [4.78, 5) is 25.1. The van der Waals surface area contributed by atoms with Gasteiger partial charge >= 0.3 is 5.97 Å². The van der Waals surface area contributed by atoms with E-state index in [1.807, 2.05) is 6.92 Å². The normalized spacial score (nSPS) is 23.0. The fourth-order valence-corrected chi connectivity index (χ4v) is 5.23. The number of aliphatic hydroxyl groups is 2. The Morgan fingerprint density at radius 1 is 1.39 bits per heavy atom. The molecule has 2 aromatic heterocycles. The van der Waals surface area contributed by atoms with E-state index in [1.54, 1.807) is 19.9 Å². The summed E-state index contributed by atoms with van der Waals surface area (Å²) in [7, 11) is -1.96. The molecule has 0 aromatic carbocycles. The van der Waals surface area contributed by atoms with Crippen LogP contribution in [0.3, 0.4) is 0 Å². The van der Waals surface area contributed by atoms with Crippen LogP contribution in [0.15, 0.2) is 4.79 Å². The Morgan fingerprint density at radius 2 is 2.11 bits per heavy atom. The molecule has 18 heteroatoms. The van der Waals surface area contributed by atoms with Crippen LogP contribution in [0.25, 0.3) is 11.0 Å². The summed E-state index contributed by atoms with van der Waals surface area (Å²) < 4.78 is 18.1. The van der Waals surface area contributed by atoms with Crippen LogP contribution in [0.5, 0.6) is 0 Å². The van der Waals surface area contributed by atoms with Gasteiger partial charge in [-0.15, -0.1) is 5.10 Å². The van der Waals surface area contributed by atoms with E-state index in [-0.39, 0.29) is 23.7 Å². The molecule has 3 rings (SSSR count). The molecule has 0 spiro atoms. The standard InChI is InChI=1S/C20H30N9O8P/c1-4-5-10-12-13(28(25-10)20(22)23)16(32)29(27-24-12)17-15(31)14(30)11(37-17)8-35-19(18(33)34)38(26-9(2)3)36-7-6-21/h9,11,14-15,17,19,26,30-31H,4-5,7-8H2,1-3H3,(H3,22,23)(H,33,34). The Kier molecular flexibility index (Phi) is 9.79. The number of nitrogen functional groups attached to an aromatic ring is 1. The zero-order chi connectivity index (χ0) is 28.1. The molecule has 2 aromatic rings. The molecule has 1 aliphatic heterocycles. The van der Waals surface area contributed by atoms with E-state index >= 15 is 0 Å². The number of carbonyl (C=O) groups is 1. The van der Waals surface area contributed by atoms with E-state index in [9.17, 15) is 24.9 Å². The van der Waals surface area contributed by atoms with Gasteiger partial charge in [0.25, 0.3) is 5.56 Å². The van der Waals surface area contributed by atoms with Crippen molar-refractivity contribution in [3.05, 3.63) is 16.0 Å². The van der Waals surface area contributed by atoms with E-state index in [2.05, 4.69) is 20.5 Å². The number of rotatable bonds is 12. The molecule has 6 unspecified atom stereocenters. The number of hydrogen-bond donors (Lipinski definition) is 6. The van der Waals surface area contributed by atoms with Crippen molar-refractivity contribution in [3.63, 3.8) is 0 Å². The maximum atomic E-state index is 13.3. The number of carboxylic acids is 1. The maximum Gasteiger partial charge on any atom is 0.341 e. The summed E-state index contributed by atoms with van der Waals surface area (Å²) in [6.07, 6.45) is -4.89. The SMILES string of the molecule is CCCc1nn(C(=N)N)c2c(=O)n(C3OC(COC(C(=O)O)P(NC(C)C)OCC#N)C(O)C3O)nnc12. The maximum absolute atomic E-state index is 13.3. The fourth-order valence-electron chi connectivity index (χ4n) is 3.76. The van der Waals surface area contributed by atoms with Crippen LogP contribution >= 0.6 is 8.30 Å². The molecule has 17 nitrogen and oxygen atoms in total. The molecule has 1 saturated heterocycles. The van der Waals surface area contributed by atoms with Gasteiger partial charge in [-0.2, -0.15) is 19.7 Å². The van der Waals surface area contributed by atoms with Crippen LogP contribution in [0, 0.1) is 16.7 Å². The number of nitrogens with one attached hydrogen (secondary N) is 2. The first kappa shape index (κ1) is 29.5. The molecule has 6 atom stereocenters. The molecule has 1 fully saturated rings. The van der Waals surface area contributed by atoms with Gasteiger partial charge in [-0.3, -0.25) is 15.3 Å². The predicted octanol–water partition coefficient (Wildman–Crippen LogP) is -1.42. The van der Waals surface area contributed by atoms with Crippen molar-refractivity contribution in [3.8, 4) is 6.07 Å². The van der Waals surface area contributed by atoms with Crippen LogP contribution < -0.4 is 16.4 Å². The molecule has 208 valence electrons. The first-order chi connectivity index (χ1) is 18.0. The lowest BCUT2D eigenvalue weighted by molar-refractivity contribution is -0.148. The Labute approximate surface area is 217 Å². The smallest absolute Gasteiger partial charge is 0.341 e. The van der Waals surface area contributed by atoms with Crippen LogP contribution in [0.4, 0.5) is 0 Å². The van der Waals surface area contributed by atoms with Crippen LogP contribution in [0.2, 0.25) is 0 Å². The van der Waals surface area contributed by atoms with Crippen molar-refractivity contribution in [2.75, 3.05) is 13.2 Å². The summed E-state index contributed by atoms with van der Waals surface area (Å²) in [5.41, 5.74) is 5.17. The van der Waals surface area contributed by atoms with E-state index in [1.165, 1.54) is 0 Å². The first-order valence-electron chi connectivity index (χ1n) is 11.6. The highest BCUT2D eigenvalue weighted by Crippen LogP contribution is 2.40. The third-order valence-corrected chi connectivity index (χ3v) is 7.35. The van der Waals surface area contributed by atoms with Gasteiger partial charge < -0.3 is 35.1 Å². The van der Waals surface area contributed by atoms with Gasteiger partial charge in [0.1, 0.15) is 38.7 Å². The minimum absolute atomic E-state index is 0.142. The first-order valence-corrected chi connectivity index (χ1v) is 13.0. The Hall–Kier alpha value is -3.10. The van der Waals surface area contributed by atoms with E-state index in [0.717, 1.165) is 4.68 Å². The lowest BCUT2D eigenvalue weighted by Gasteiger charge is -2.26. The van der Waals surface area contributed by atoms with Crippen LogP contribution in [-0.4, -0.2) is 95.4 Å². The Balaban J connectivity index is 1.85. The second-order valence-electron chi connectivity index (χ2n) is 8.64. The largest absolute Gasteiger partial charge is 0.479 e. The third kappa shape index (κ3) is 6.13. The van der Waals surface area contributed by atoms with Gasteiger partial charge in [0.15, 0.2) is 11.7 Å². The molecule has 0 saturated carbocycles. The van der Waals surface area contributed by atoms with Gasteiger partial charge in [0, 0.05) is 6.04 Å². The minimum Gasteiger partial charge on any atom is -0.479 e. The Morgan fingerprint density at radius 3 is 2.68 bits per heavy atom. The molecular formula is C20H30N9O8P. The minimum atomic E-state index is -1.96. The number of carboxylic acid groups (broad SMARTS) is 1. The van der Waals surface area contributed by atoms with Gasteiger partial charge in [-0.05, 0) is 20.3 Å². The molecule has 1 aliphatic rings. The zero-order valence-electron chi connectivity index (χ0n) is 20.9. The zero-order valence-corrected chi connectivity index (χ0v) is 21.8. The van der Waals surface area contributed by atoms with Gasteiger partial charge in [0.05, 0.1) is 18.4 Å². The van der Waals surface area contributed by atoms with E-state index < -0.39 is 62.8 Å². The van der Waals surface area contributed by atoms with Crippen molar-refractivity contribution >= 4 is 31.3 Å². The number of aryl methyl sites for hydroxylation is 1. The second-order valence-corrected chi connectivity index (χ2v) is 10.3. The molecular weight excluding hydrogens is 525 g/mol. The quantitative estimate of drug-likeness (QED) is 0.0998. The average molecular weight is 555 g/mol. The van der Waals surface area contributed by atoms with Crippen molar-refractivity contribution in [2.45, 2.75) is 70.0 Å². The van der Waals surface area contributed by atoms with Crippen LogP contribution in [0.1, 0.15) is 39.1 Å². The predicted molar refractivity (Wildman–Crippen MR) is 131 cm³/mol. The van der Waals surface area contributed by atoms with Crippen LogP contribution in [-0.2, 0) is 25.2 Å². The topological polar surface area (TPSA) is 257 Å². The van der Waals surface area contributed by atoms with E-state index in [4.69, 9.17) is 30.4 Å². The molecule has 3 heterocycles. The number of fused-ring (bicyclic) bond motifs is 1. The number of nitrogens with two attached hydrogens (primary N) is 1. The molecule has 38 heavy (non-hydrogen) atoms. The molecule has 0 aliphatic carbocycles. The molecule has 0 bridgehead atoms. The van der Waals surface area contributed by atoms with Gasteiger partial charge in [-0.25, -0.2) is 4.79 Å². The number of nitrogens with zero attached hydrogens (tertiary/aromatic N) is 6. The number of aromatic nitrogens is 5. The lowest BCUT2D eigenvalue weighted by Crippen LogP contribution is -2.38. The number of ether oxygens (including phenoxy) is 2. The number of aliphatic hydroxyl groups excluding tert-OH is 2. The fraction of sp³-hybridized carbons (Fsp3) is 0.650. The monoisotopic (exact) mass is 555 g/mol. The van der Waals surface area contributed by atoms with E-state index in [0.29, 0.717) is 23.2 Å². The highest BCUT2D eigenvalue weighted by molar-refractivity contribution is 7.52. The highest BCUT2D eigenvalue weighted by Gasteiger charge is 2.46. The summed E-state index contributed by atoms with van der Waals surface area (Å²) in [6, 6.07) is 1.58. The summed E-state index contributed by atoms with van der Waals surface area (Å²) in [5.74, 6) is -3.44. The molecule has 0 amide bonds. The van der Waals surface area contributed by atoms with Crippen molar-refractivity contribution in [1.29, 1.82) is 10.7 Å². The van der Waals surface area contributed by atoms with Gasteiger partial charge in [-0.1, -0.05) is 18.6 Å². The average Bonchev–Trinajstić information content (AvgIpc) is 3.36. The number of nitriles is 1. The molecule has 7 N–H and O–H groups in total. The van der Waals surface area contributed by atoms with Gasteiger partial charge in [0.2, 0.25) is 11.8 Å². The highest BCUT2D eigenvalue weighted by atomic mass is 31.2. The number of aliphatic carboxylic acids is 1. The molecule has 0 radical (unpaired) electrons. The van der Waals surface area contributed by atoms with Crippen molar-refractivity contribution in [2.24, 2.45) is 5.73 Å². The lowest BCUT2D eigenvalue weighted by atomic mass is 10.1.